The number of rotatable bonds is 2. The van der Waals surface area contributed by atoms with E-state index in [-0.39, 0.29) is 0 Å². The predicted octanol–water partition coefficient (Wildman–Crippen LogP) is 2.01. The minimum absolute atomic E-state index is 0.387. The highest BCUT2D eigenvalue weighted by atomic mass is 32.2. The van der Waals surface area contributed by atoms with Crippen molar-refractivity contribution in [3.63, 3.8) is 0 Å². The van der Waals surface area contributed by atoms with E-state index in [1.54, 1.807) is 18.2 Å². The Bertz CT molecular complexity index is 375. The van der Waals surface area contributed by atoms with Crippen LogP contribution in [0.1, 0.15) is 6.42 Å². The molecule has 0 aromatic rings. The summed E-state index contributed by atoms with van der Waals surface area (Å²) in [6, 6.07) is 0. The summed E-state index contributed by atoms with van der Waals surface area (Å²) in [5.41, 5.74) is 0. The molecule has 5 heteroatoms. The zero-order chi connectivity index (χ0) is 11.0. The quantitative estimate of drug-likeness (QED) is 0.585. The third-order valence-electron chi connectivity index (χ3n) is 2.76. The Labute approximate surface area is 86.3 Å². The van der Waals surface area contributed by atoms with Gasteiger partial charge in [-0.15, -0.1) is 0 Å². The number of allylic oxidation sites excluding steroid dienone is 3. The summed E-state index contributed by atoms with van der Waals surface area (Å²) in [6.07, 6.45) is 7.33. The van der Waals surface area contributed by atoms with Crippen LogP contribution in [0.15, 0.2) is 24.3 Å². The minimum Gasteiger partial charge on any atom is -0.285 e. The van der Waals surface area contributed by atoms with Gasteiger partial charge in [0.05, 0.1) is 8.07 Å². The molecule has 0 unspecified atom stereocenters. The number of hydrogen-bond donors (Lipinski definition) is 1. The summed E-state index contributed by atoms with van der Waals surface area (Å²) in [5, 5.41) is 0. The van der Waals surface area contributed by atoms with Gasteiger partial charge in [-0.1, -0.05) is 43.9 Å². The van der Waals surface area contributed by atoms with Crippen molar-refractivity contribution in [2.24, 2.45) is 0 Å². The third-order valence-corrected chi connectivity index (χ3v) is 9.51. The molecule has 0 fully saturated rings. The lowest BCUT2D eigenvalue weighted by molar-refractivity contribution is 0.466. The summed E-state index contributed by atoms with van der Waals surface area (Å²) in [6.45, 7) is 5.85. The van der Waals surface area contributed by atoms with Gasteiger partial charge in [0.15, 0.2) is 0 Å². The van der Waals surface area contributed by atoms with Crippen LogP contribution in [0, 0.1) is 0 Å². The molecule has 0 aromatic heterocycles. The molecule has 80 valence electrons. The molecule has 0 saturated carbocycles. The Morgan fingerprint density at radius 3 is 2.07 bits per heavy atom. The Balaban J connectivity index is 3.32. The van der Waals surface area contributed by atoms with Gasteiger partial charge in [-0.3, -0.25) is 4.55 Å². The van der Waals surface area contributed by atoms with Crippen molar-refractivity contribution in [2.75, 3.05) is 0 Å². The van der Waals surface area contributed by atoms with Crippen LogP contribution in [-0.4, -0.2) is 25.4 Å². The summed E-state index contributed by atoms with van der Waals surface area (Å²) in [4.78, 5) is 0. The van der Waals surface area contributed by atoms with E-state index in [0.29, 0.717) is 6.42 Å². The summed E-state index contributed by atoms with van der Waals surface area (Å²) < 4.78 is 31.2. The fraction of sp³-hybridized carbons (Fsp3) is 0.556. The van der Waals surface area contributed by atoms with Gasteiger partial charge in [-0.05, 0) is 6.42 Å². The zero-order valence-electron chi connectivity index (χ0n) is 8.69. The van der Waals surface area contributed by atoms with E-state index in [9.17, 15) is 13.0 Å². The Morgan fingerprint density at radius 1 is 1.29 bits per heavy atom. The van der Waals surface area contributed by atoms with Crippen LogP contribution < -0.4 is 0 Å². The fourth-order valence-corrected chi connectivity index (χ4v) is 6.71. The zero-order valence-corrected chi connectivity index (χ0v) is 10.5. The maximum atomic E-state index is 11.5. The van der Waals surface area contributed by atoms with Gasteiger partial charge in [-0.2, -0.15) is 8.42 Å². The molecule has 1 atom stereocenters. The molecule has 0 amide bonds. The maximum absolute atomic E-state index is 11.5. The summed E-state index contributed by atoms with van der Waals surface area (Å²) in [7, 11) is -6.04. The smallest absolute Gasteiger partial charge is 0.271 e. The first-order valence-electron chi connectivity index (χ1n) is 4.52. The SMILES string of the molecule is C[Si](C)(C)[C@]1(S(=O)(=O)O)C=CC=CC1. The van der Waals surface area contributed by atoms with Crippen LogP contribution in [-0.2, 0) is 10.1 Å². The average Bonchev–Trinajstić information content (AvgIpc) is 2.02. The highest BCUT2D eigenvalue weighted by Gasteiger charge is 2.51. The van der Waals surface area contributed by atoms with Gasteiger partial charge in [0, 0.05) is 0 Å². The van der Waals surface area contributed by atoms with Crippen molar-refractivity contribution in [1.82, 2.24) is 0 Å². The monoisotopic (exact) mass is 232 g/mol. The second-order valence-corrected chi connectivity index (χ2v) is 12.0. The molecule has 0 radical (unpaired) electrons. The third kappa shape index (κ3) is 1.71. The average molecular weight is 232 g/mol. The normalized spacial score (nSPS) is 28.0. The van der Waals surface area contributed by atoms with Crippen molar-refractivity contribution in [1.29, 1.82) is 0 Å². The van der Waals surface area contributed by atoms with Crippen LogP contribution >= 0.6 is 0 Å². The molecular formula is C9H16O3SSi. The molecule has 14 heavy (non-hydrogen) atoms. The lowest BCUT2D eigenvalue weighted by Gasteiger charge is -2.38. The molecule has 1 aliphatic carbocycles. The lowest BCUT2D eigenvalue weighted by atomic mass is 10.2. The maximum Gasteiger partial charge on any atom is 0.271 e. The van der Waals surface area contributed by atoms with Crippen molar-refractivity contribution in [3.05, 3.63) is 24.3 Å². The Hall–Kier alpha value is -0.393. The fourth-order valence-electron chi connectivity index (χ4n) is 1.74. The highest BCUT2D eigenvalue weighted by Crippen LogP contribution is 2.35. The van der Waals surface area contributed by atoms with E-state index in [0.717, 1.165) is 0 Å². The van der Waals surface area contributed by atoms with Gasteiger partial charge in [0.2, 0.25) is 0 Å². The molecule has 3 nitrogen and oxygen atoms in total. The van der Waals surface area contributed by atoms with Crippen molar-refractivity contribution >= 4 is 18.2 Å². The van der Waals surface area contributed by atoms with Gasteiger partial charge in [0.1, 0.15) is 4.37 Å². The summed E-state index contributed by atoms with van der Waals surface area (Å²) >= 11 is 0. The van der Waals surface area contributed by atoms with E-state index in [4.69, 9.17) is 0 Å². The first kappa shape index (κ1) is 11.7. The van der Waals surface area contributed by atoms with Gasteiger partial charge in [-0.25, -0.2) is 0 Å². The first-order valence-corrected chi connectivity index (χ1v) is 9.46. The van der Waals surface area contributed by atoms with Gasteiger partial charge >= 0.3 is 0 Å². The minimum atomic E-state index is -4.02. The molecule has 0 spiro atoms. The number of hydrogen-bond acceptors (Lipinski definition) is 2. The standard InChI is InChI=1S/C9H16O3SSi/c1-14(2,3)9(13(10,11)12)7-5-4-6-8-9/h4-7H,8H2,1-3H3,(H,10,11,12)/t9-/m1/s1. The summed E-state index contributed by atoms with van der Waals surface area (Å²) in [5.74, 6) is 0. The molecule has 0 aromatic carbocycles. The van der Waals surface area contributed by atoms with E-state index < -0.39 is 22.6 Å². The second-order valence-electron chi connectivity index (χ2n) is 4.61. The Kier molecular flexibility index (Phi) is 2.77. The van der Waals surface area contributed by atoms with Crippen LogP contribution in [0.5, 0.6) is 0 Å². The first-order chi connectivity index (χ1) is 6.21. The van der Waals surface area contributed by atoms with E-state index >= 15 is 0 Å². The van der Waals surface area contributed by atoms with E-state index in [1.807, 2.05) is 25.7 Å². The molecule has 0 aliphatic heterocycles. The van der Waals surface area contributed by atoms with Crippen LogP contribution in [0.2, 0.25) is 19.6 Å². The van der Waals surface area contributed by atoms with Crippen molar-refractivity contribution < 1.29 is 13.0 Å². The molecule has 0 heterocycles. The predicted molar refractivity (Wildman–Crippen MR) is 60.5 cm³/mol. The van der Waals surface area contributed by atoms with Crippen molar-refractivity contribution in [2.45, 2.75) is 30.4 Å². The Morgan fingerprint density at radius 2 is 1.86 bits per heavy atom. The van der Waals surface area contributed by atoms with E-state index in [1.165, 1.54) is 0 Å². The molecule has 1 aliphatic rings. The van der Waals surface area contributed by atoms with Crippen LogP contribution in [0.4, 0.5) is 0 Å². The topological polar surface area (TPSA) is 54.4 Å². The molecule has 1 N–H and O–H groups in total. The molecule has 0 saturated heterocycles. The lowest BCUT2D eigenvalue weighted by Crippen LogP contribution is -2.56. The molecule has 1 rings (SSSR count). The highest BCUT2D eigenvalue weighted by molar-refractivity contribution is 7.89. The van der Waals surface area contributed by atoms with Crippen LogP contribution in [0.25, 0.3) is 0 Å². The van der Waals surface area contributed by atoms with Crippen molar-refractivity contribution in [3.8, 4) is 0 Å². The largest absolute Gasteiger partial charge is 0.285 e. The van der Waals surface area contributed by atoms with Crippen LogP contribution in [0.3, 0.4) is 0 Å². The van der Waals surface area contributed by atoms with Gasteiger partial charge < -0.3 is 0 Å². The van der Waals surface area contributed by atoms with Gasteiger partial charge in [0.25, 0.3) is 10.1 Å². The molecular weight excluding hydrogens is 216 g/mol. The second kappa shape index (κ2) is 3.32. The van der Waals surface area contributed by atoms with E-state index in [2.05, 4.69) is 0 Å². The molecule has 0 bridgehead atoms.